The summed E-state index contributed by atoms with van der Waals surface area (Å²) in [6.07, 6.45) is 1.50. The van der Waals surface area contributed by atoms with Crippen LogP contribution in [0, 0.1) is 6.92 Å². The Kier molecular flexibility index (Phi) is 1.38. The summed E-state index contributed by atoms with van der Waals surface area (Å²) in [6.45, 7) is 1.92. The molecule has 0 aromatic carbocycles. The quantitative estimate of drug-likeness (QED) is 0.660. The lowest BCUT2D eigenvalue weighted by Gasteiger charge is -1.91. The molecule has 0 radical (unpaired) electrons. The molecule has 0 saturated heterocycles. The second-order valence-electron chi connectivity index (χ2n) is 2.20. The Labute approximate surface area is 71.4 Å². The molecule has 0 atom stereocenters. The molecule has 56 valence electrons. The zero-order chi connectivity index (χ0) is 7.84. The SMILES string of the molecule is Cc1cc2ncnc(Br)n2n1. The third-order valence-electron chi connectivity index (χ3n) is 1.34. The molecule has 0 N–H and O–H groups in total. The number of halogens is 1. The first-order valence-corrected chi connectivity index (χ1v) is 3.89. The van der Waals surface area contributed by atoms with E-state index in [0.717, 1.165) is 11.3 Å². The van der Waals surface area contributed by atoms with Crippen molar-refractivity contribution in [3.63, 3.8) is 0 Å². The average Bonchev–Trinajstić information content (AvgIpc) is 2.31. The van der Waals surface area contributed by atoms with E-state index in [1.54, 1.807) is 4.52 Å². The Bertz CT molecular complexity index is 394. The highest BCUT2D eigenvalue weighted by Crippen LogP contribution is 2.07. The highest BCUT2D eigenvalue weighted by Gasteiger charge is 2.00. The van der Waals surface area contributed by atoms with Crippen LogP contribution in [0.3, 0.4) is 0 Å². The van der Waals surface area contributed by atoms with E-state index in [-0.39, 0.29) is 0 Å². The highest BCUT2D eigenvalue weighted by atomic mass is 79.9. The van der Waals surface area contributed by atoms with E-state index in [4.69, 9.17) is 0 Å². The van der Waals surface area contributed by atoms with E-state index in [2.05, 4.69) is 31.0 Å². The maximum Gasteiger partial charge on any atom is 0.201 e. The molecule has 0 aliphatic rings. The maximum atomic E-state index is 4.16. The normalized spacial score (nSPS) is 10.7. The highest BCUT2D eigenvalue weighted by molar-refractivity contribution is 9.10. The summed E-state index contributed by atoms with van der Waals surface area (Å²) in [5, 5.41) is 4.16. The lowest BCUT2D eigenvalue weighted by atomic mass is 10.5. The van der Waals surface area contributed by atoms with Crippen LogP contribution in [0.2, 0.25) is 0 Å². The fraction of sp³-hybridized carbons (Fsp3) is 0.167. The minimum Gasteiger partial charge on any atom is -0.217 e. The van der Waals surface area contributed by atoms with Crippen molar-refractivity contribution < 1.29 is 0 Å². The van der Waals surface area contributed by atoms with E-state index in [1.165, 1.54) is 6.33 Å². The van der Waals surface area contributed by atoms with Gasteiger partial charge in [-0.05, 0) is 22.9 Å². The number of hydrogen-bond donors (Lipinski definition) is 0. The first-order valence-electron chi connectivity index (χ1n) is 3.10. The van der Waals surface area contributed by atoms with Crippen molar-refractivity contribution in [2.45, 2.75) is 6.92 Å². The van der Waals surface area contributed by atoms with Crippen LogP contribution < -0.4 is 0 Å². The molecule has 4 nitrogen and oxygen atoms in total. The predicted molar refractivity (Wildman–Crippen MR) is 43.2 cm³/mol. The molecule has 5 heteroatoms. The van der Waals surface area contributed by atoms with Crippen LogP contribution in [-0.4, -0.2) is 19.6 Å². The van der Waals surface area contributed by atoms with Crippen LogP contribution in [0.15, 0.2) is 17.1 Å². The largest absolute Gasteiger partial charge is 0.217 e. The third-order valence-corrected chi connectivity index (χ3v) is 1.88. The molecule has 0 fully saturated rings. The zero-order valence-corrected chi connectivity index (χ0v) is 7.41. The molecule has 2 heterocycles. The molecule has 0 amide bonds. The van der Waals surface area contributed by atoms with E-state index < -0.39 is 0 Å². The van der Waals surface area contributed by atoms with Gasteiger partial charge in [-0.2, -0.15) is 9.61 Å². The molecule has 0 bridgehead atoms. The van der Waals surface area contributed by atoms with Crippen LogP contribution in [-0.2, 0) is 0 Å². The Balaban J connectivity index is 2.90. The Hall–Kier alpha value is -0.970. The smallest absolute Gasteiger partial charge is 0.201 e. The van der Waals surface area contributed by atoms with E-state index in [0.29, 0.717) is 4.73 Å². The minimum absolute atomic E-state index is 0.676. The number of aromatic nitrogens is 4. The number of fused-ring (bicyclic) bond motifs is 1. The second kappa shape index (κ2) is 2.27. The van der Waals surface area contributed by atoms with Gasteiger partial charge in [-0.3, -0.25) is 0 Å². The molecular weight excluding hydrogens is 208 g/mol. The predicted octanol–water partition coefficient (Wildman–Crippen LogP) is 1.20. The number of nitrogens with zero attached hydrogens (tertiary/aromatic N) is 4. The summed E-state index contributed by atoms with van der Waals surface area (Å²) in [4.78, 5) is 7.95. The van der Waals surface area contributed by atoms with Gasteiger partial charge in [-0.15, -0.1) is 0 Å². The molecule has 0 aliphatic carbocycles. The van der Waals surface area contributed by atoms with Gasteiger partial charge in [0, 0.05) is 6.07 Å². The fourth-order valence-corrected chi connectivity index (χ4v) is 1.26. The summed E-state index contributed by atoms with van der Waals surface area (Å²) < 4.78 is 2.32. The van der Waals surface area contributed by atoms with Crippen molar-refractivity contribution in [3.05, 3.63) is 22.8 Å². The molecule has 0 spiro atoms. The zero-order valence-electron chi connectivity index (χ0n) is 5.82. The van der Waals surface area contributed by atoms with Crippen LogP contribution >= 0.6 is 15.9 Å². The third kappa shape index (κ3) is 1.01. The molecular formula is C6H5BrN4. The molecule has 2 aromatic rings. The van der Waals surface area contributed by atoms with Gasteiger partial charge in [0.1, 0.15) is 6.33 Å². The fourth-order valence-electron chi connectivity index (χ4n) is 0.904. The van der Waals surface area contributed by atoms with Crippen LogP contribution in [0.5, 0.6) is 0 Å². The minimum atomic E-state index is 0.676. The summed E-state index contributed by atoms with van der Waals surface area (Å²) in [7, 11) is 0. The Morgan fingerprint density at radius 3 is 3.00 bits per heavy atom. The second-order valence-corrected chi connectivity index (χ2v) is 2.91. The lowest BCUT2D eigenvalue weighted by molar-refractivity contribution is 0.845. The van der Waals surface area contributed by atoms with Gasteiger partial charge in [-0.1, -0.05) is 0 Å². The van der Waals surface area contributed by atoms with Gasteiger partial charge >= 0.3 is 0 Å². The molecule has 0 unspecified atom stereocenters. The van der Waals surface area contributed by atoms with E-state index in [9.17, 15) is 0 Å². The monoisotopic (exact) mass is 212 g/mol. The van der Waals surface area contributed by atoms with Gasteiger partial charge in [0.15, 0.2) is 5.65 Å². The summed E-state index contributed by atoms with van der Waals surface area (Å²) >= 11 is 3.26. The van der Waals surface area contributed by atoms with Crippen molar-refractivity contribution in [1.82, 2.24) is 19.6 Å². The van der Waals surface area contributed by atoms with Gasteiger partial charge < -0.3 is 0 Å². The molecule has 2 aromatic heterocycles. The van der Waals surface area contributed by atoms with Gasteiger partial charge in [0.25, 0.3) is 0 Å². The van der Waals surface area contributed by atoms with Gasteiger partial charge in [-0.25, -0.2) is 9.97 Å². The van der Waals surface area contributed by atoms with Crippen molar-refractivity contribution in [1.29, 1.82) is 0 Å². The van der Waals surface area contributed by atoms with Crippen LogP contribution in [0.25, 0.3) is 5.65 Å². The van der Waals surface area contributed by atoms with Gasteiger partial charge in [0.2, 0.25) is 4.73 Å². The maximum absolute atomic E-state index is 4.16. The number of aryl methyl sites for hydroxylation is 1. The van der Waals surface area contributed by atoms with E-state index >= 15 is 0 Å². The molecule has 11 heavy (non-hydrogen) atoms. The number of rotatable bonds is 0. The standard InChI is InChI=1S/C6H5BrN4/c1-4-2-5-8-3-9-6(7)11(5)10-4/h2-3H,1H3. The first kappa shape index (κ1) is 6.72. The molecule has 0 aliphatic heterocycles. The van der Waals surface area contributed by atoms with E-state index in [1.807, 2.05) is 13.0 Å². The average molecular weight is 213 g/mol. The first-order chi connectivity index (χ1) is 5.27. The lowest BCUT2D eigenvalue weighted by Crippen LogP contribution is -1.94. The van der Waals surface area contributed by atoms with Crippen LogP contribution in [0.4, 0.5) is 0 Å². The van der Waals surface area contributed by atoms with Gasteiger partial charge in [0.05, 0.1) is 5.69 Å². The van der Waals surface area contributed by atoms with Crippen molar-refractivity contribution in [3.8, 4) is 0 Å². The summed E-state index contributed by atoms with van der Waals surface area (Å²) in [5.74, 6) is 0. The summed E-state index contributed by atoms with van der Waals surface area (Å²) in [6, 6.07) is 1.90. The van der Waals surface area contributed by atoms with Crippen molar-refractivity contribution in [2.75, 3.05) is 0 Å². The number of hydrogen-bond acceptors (Lipinski definition) is 3. The molecule has 2 rings (SSSR count). The molecule has 0 saturated carbocycles. The summed E-state index contributed by atoms with van der Waals surface area (Å²) in [5.41, 5.74) is 1.75. The Morgan fingerprint density at radius 2 is 2.27 bits per heavy atom. The topological polar surface area (TPSA) is 43.1 Å². The van der Waals surface area contributed by atoms with Crippen molar-refractivity contribution >= 4 is 21.6 Å². The Morgan fingerprint density at radius 1 is 1.45 bits per heavy atom. The van der Waals surface area contributed by atoms with Crippen molar-refractivity contribution in [2.24, 2.45) is 0 Å². The van der Waals surface area contributed by atoms with Crippen LogP contribution in [0.1, 0.15) is 5.69 Å².